The van der Waals surface area contributed by atoms with Crippen LogP contribution in [0.2, 0.25) is 5.22 Å². The first-order chi connectivity index (χ1) is 5.41. The number of rotatable bonds is 1. The average molecular weight is 200 g/mol. The first kappa shape index (κ1) is 9.41. The van der Waals surface area contributed by atoms with Gasteiger partial charge < -0.3 is 10.2 Å². The van der Waals surface area contributed by atoms with Gasteiger partial charge >= 0.3 is 6.18 Å². The third-order valence-corrected chi connectivity index (χ3v) is 1.46. The predicted molar refractivity (Wildman–Crippen MR) is 36.7 cm³/mol. The zero-order valence-electron chi connectivity index (χ0n) is 5.73. The molecule has 1 atom stereocenters. The van der Waals surface area contributed by atoms with Gasteiger partial charge in [0.2, 0.25) is 0 Å². The lowest BCUT2D eigenvalue weighted by Gasteiger charge is -2.11. The molecule has 6 heteroatoms. The Morgan fingerprint density at radius 3 is 2.33 bits per heavy atom. The molecule has 1 unspecified atom stereocenters. The van der Waals surface area contributed by atoms with E-state index in [4.69, 9.17) is 17.3 Å². The number of halogens is 4. The summed E-state index contributed by atoms with van der Waals surface area (Å²) in [7, 11) is 0. The van der Waals surface area contributed by atoms with E-state index in [-0.39, 0.29) is 11.0 Å². The van der Waals surface area contributed by atoms with Crippen LogP contribution >= 0.6 is 11.6 Å². The fraction of sp³-hybridized carbons (Fsp3) is 0.333. The van der Waals surface area contributed by atoms with Crippen LogP contribution < -0.4 is 5.73 Å². The Balaban J connectivity index is 2.85. The maximum absolute atomic E-state index is 11.9. The van der Waals surface area contributed by atoms with Crippen LogP contribution in [0.5, 0.6) is 0 Å². The van der Waals surface area contributed by atoms with Gasteiger partial charge in [-0.1, -0.05) is 0 Å². The Kier molecular flexibility index (Phi) is 2.34. The second-order valence-corrected chi connectivity index (χ2v) is 2.53. The second-order valence-electron chi connectivity index (χ2n) is 2.16. The van der Waals surface area contributed by atoms with E-state index in [0.29, 0.717) is 0 Å². The van der Waals surface area contributed by atoms with Crippen molar-refractivity contribution in [2.75, 3.05) is 0 Å². The molecule has 0 spiro atoms. The smallest absolute Gasteiger partial charge is 0.410 e. The van der Waals surface area contributed by atoms with E-state index < -0.39 is 12.2 Å². The first-order valence-corrected chi connectivity index (χ1v) is 3.36. The molecule has 0 aliphatic heterocycles. The summed E-state index contributed by atoms with van der Waals surface area (Å²) >= 11 is 5.26. The number of nitrogens with two attached hydrogens (primary N) is 1. The van der Waals surface area contributed by atoms with Crippen molar-refractivity contribution in [1.29, 1.82) is 0 Å². The monoisotopic (exact) mass is 199 g/mol. The molecule has 1 heterocycles. The Labute approximate surface area is 71.1 Å². The molecule has 0 amide bonds. The highest BCUT2D eigenvalue weighted by molar-refractivity contribution is 6.28. The maximum atomic E-state index is 11.9. The quantitative estimate of drug-likeness (QED) is 0.755. The summed E-state index contributed by atoms with van der Waals surface area (Å²) in [6.07, 6.45) is -4.50. The van der Waals surface area contributed by atoms with Gasteiger partial charge in [0.1, 0.15) is 5.76 Å². The van der Waals surface area contributed by atoms with Gasteiger partial charge in [-0.2, -0.15) is 13.2 Å². The molecule has 2 nitrogen and oxygen atoms in total. The molecule has 0 saturated heterocycles. The van der Waals surface area contributed by atoms with E-state index in [1.807, 2.05) is 0 Å². The normalized spacial score (nSPS) is 14.8. The molecule has 0 fully saturated rings. The summed E-state index contributed by atoms with van der Waals surface area (Å²) in [5.74, 6) is -0.382. The molecule has 0 bridgehead atoms. The van der Waals surface area contributed by atoms with Crippen LogP contribution in [0.1, 0.15) is 11.8 Å². The van der Waals surface area contributed by atoms with Crippen LogP contribution in [-0.2, 0) is 0 Å². The highest BCUT2D eigenvalue weighted by Gasteiger charge is 2.39. The van der Waals surface area contributed by atoms with E-state index in [9.17, 15) is 13.2 Å². The number of hydrogen-bond donors (Lipinski definition) is 1. The number of furan rings is 1. The molecule has 0 radical (unpaired) electrons. The molecular weight excluding hydrogens is 195 g/mol. The van der Waals surface area contributed by atoms with Gasteiger partial charge in [-0.3, -0.25) is 0 Å². The Hall–Kier alpha value is -0.680. The zero-order valence-corrected chi connectivity index (χ0v) is 6.49. The van der Waals surface area contributed by atoms with Crippen molar-refractivity contribution >= 4 is 11.6 Å². The fourth-order valence-corrected chi connectivity index (χ4v) is 0.809. The van der Waals surface area contributed by atoms with Gasteiger partial charge in [-0.15, -0.1) is 0 Å². The first-order valence-electron chi connectivity index (χ1n) is 2.99. The Morgan fingerprint density at radius 2 is 2.00 bits per heavy atom. The minimum absolute atomic E-state index is 0.107. The van der Waals surface area contributed by atoms with E-state index in [1.165, 1.54) is 6.07 Å². The van der Waals surface area contributed by atoms with Crippen molar-refractivity contribution in [2.24, 2.45) is 5.73 Å². The summed E-state index contributed by atoms with van der Waals surface area (Å²) in [5, 5.41) is -0.107. The van der Waals surface area contributed by atoms with Crippen molar-refractivity contribution in [3.8, 4) is 0 Å². The van der Waals surface area contributed by atoms with Crippen LogP contribution in [0, 0.1) is 0 Å². The van der Waals surface area contributed by atoms with Gasteiger partial charge in [0.25, 0.3) is 0 Å². The average Bonchev–Trinajstić information content (AvgIpc) is 2.32. The van der Waals surface area contributed by atoms with Crippen LogP contribution in [0.3, 0.4) is 0 Å². The summed E-state index contributed by atoms with van der Waals surface area (Å²) in [6.45, 7) is 0. The summed E-state index contributed by atoms with van der Waals surface area (Å²) in [5.41, 5.74) is 4.81. The van der Waals surface area contributed by atoms with E-state index in [0.717, 1.165) is 6.07 Å². The minimum Gasteiger partial charge on any atom is -0.448 e. The van der Waals surface area contributed by atoms with Crippen molar-refractivity contribution in [1.82, 2.24) is 0 Å². The SMILES string of the molecule is NC(c1ccc(Cl)o1)C(F)(F)F. The fourth-order valence-electron chi connectivity index (χ4n) is 0.657. The molecule has 68 valence electrons. The van der Waals surface area contributed by atoms with Gasteiger partial charge in [-0.05, 0) is 23.7 Å². The van der Waals surface area contributed by atoms with Crippen molar-refractivity contribution in [3.05, 3.63) is 23.1 Å². The summed E-state index contributed by atoms with van der Waals surface area (Å²) < 4.78 is 40.2. The molecule has 0 aliphatic rings. The molecule has 12 heavy (non-hydrogen) atoms. The lowest BCUT2D eigenvalue weighted by Crippen LogP contribution is -2.27. The molecular formula is C6H5ClF3NO. The minimum atomic E-state index is -4.50. The highest BCUT2D eigenvalue weighted by Crippen LogP contribution is 2.31. The molecule has 1 rings (SSSR count). The van der Waals surface area contributed by atoms with Gasteiger partial charge in [-0.25, -0.2) is 0 Å². The lowest BCUT2D eigenvalue weighted by molar-refractivity contribution is -0.152. The van der Waals surface area contributed by atoms with Crippen LogP contribution in [-0.4, -0.2) is 6.18 Å². The molecule has 2 N–H and O–H groups in total. The second kappa shape index (κ2) is 2.99. The van der Waals surface area contributed by atoms with Crippen molar-refractivity contribution in [2.45, 2.75) is 12.2 Å². The van der Waals surface area contributed by atoms with Crippen LogP contribution in [0.15, 0.2) is 16.5 Å². The molecule has 1 aromatic rings. The topological polar surface area (TPSA) is 39.2 Å². The van der Waals surface area contributed by atoms with Gasteiger partial charge in [0.05, 0.1) is 0 Å². The molecule has 0 aromatic carbocycles. The van der Waals surface area contributed by atoms with Crippen LogP contribution in [0.4, 0.5) is 13.2 Å². The third-order valence-electron chi connectivity index (χ3n) is 1.25. The number of alkyl halides is 3. The van der Waals surface area contributed by atoms with Crippen molar-refractivity contribution in [3.63, 3.8) is 0 Å². The lowest BCUT2D eigenvalue weighted by atomic mass is 10.2. The molecule has 0 aliphatic carbocycles. The largest absolute Gasteiger partial charge is 0.448 e. The maximum Gasteiger partial charge on any atom is 0.410 e. The van der Waals surface area contributed by atoms with E-state index >= 15 is 0 Å². The Bertz CT molecular complexity index is 270. The standard InChI is InChI=1S/C6H5ClF3NO/c7-4-2-1-3(12-4)5(11)6(8,9)10/h1-2,5H,11H2. The number of hydrogen-bond acceptors (Lipinski definition) is 2. The predicted octanol–water partition coefficient (Wildman–Crippen LogP) is 2.50. The summed E-state index contributed by atoms with van der Waals surface area (Å²) in [4.78, 5) is 0. The Morgan fingerprint density at radius 1 is 1.42 bits per heavy atom. The van der Waals surface area contributed by atoms with Gasteiger partial charge in [0.15, 0.2) is 11.3 Å². The van der Waals surface area contributed by atoms with Crippen molar-refractivity contribution < 1.29 is 17.6 Å². The third kappa shape index (κ3) is 1.92. The van der Waals surface area contributed by atoms with E-state index in [2.05, 4.69) is 4.42 Å². The molecule has 0 saturated carbocycles. The highest BCUT2D eigenvalue weighted by atomic mass is 35.5. The van der Waals surface area contributed by atoms with E-state index in [1.54, 1.807) is 0 Å². The summed E-state index contributed by atoms with van der Waals surface area (Å²) in [6, 6.07) is 0.202. The zero-order chi connectivity index (χ0) is 9.35. The van der Waals surface area contributed by atoms with Gasteiger partial charge in [0, 0.05) is 0 Å². The van der Waals surface area contributed by atoms with Crippen LogP contribution in [0.25, 0.3) is 0 Å². The molecule has 1 aromatic heterocycles.